The molecule has 2 aromatic carbocycles. The number of rotatable bonds is 6. The number of ether oxygens (including phenoxy) is 1. The first-order valence-electron chi connectivity index (χ1n) is 9.40. The quantitative estimate of drug-likeness (QED) is 0.845. The molecule has 0 aromatic heterocycles. The van der Waals surface area contributed by atoms with Gasteiger partial charge in [-0.25, -0.2) is 0 Å². The lowest BCUT2D eigenvalue weighted by Gasteiger charge is -2.30. The number of nitrogens with zero attached hydrogens (tertiary/aromatic N) is 1. The minimum absolute atomic E-state index is 0.0125. The van der Waals surface area contributed by atoms with E-state index in [2.05, 4.69) is 29.3 Å². The summed E-state index contributed by atoms with van der Waals surface area (Å²) >= 11 is 0. The maximum absolute atomic E-state index is 12.1. The van der Waals surface area contributed by atoms with Crippen molar-refractivity contribution in [3.05, 3.63) is 59.7 Å². The summed E-state index contributed by atoms with van der Waals surface area (Å²) in [5.74, 6) is 1.45. The molecule has 1 N–H and O–H groups in total. The molecule has 1 fully saturated rings. The maximum Gasteiger partial charge on any atom is 0.262 e. The number of benzene rings is 2. The number of hydrogen-bond acceptors (Lipinski definition) is 3. The van der Waals surface area contributed by atoms with Gasteiger partial charge in [-0.3, -0.25) is 9.69 Å². The van der Waals surface area contributed by atoms with Crippen LogP contribution >= 0.6 is 0 Å². The van der Waals surface area contributed by atoms with Gasteiger partial charge in [-0.15, -0.1) is 0 Å². The molecule has 0 spiro atoms. The second-order valence-corrected chi connectivity index (χ2v) is 7.26. The molecule has 0 radical (unpaired) electrons. The lowest BCUT2D eigenvalue weighted by atomic mass is 9.99. The highest BCUT2D eigenvalue weighted by Gasteiger charge is 2.15. The zero-order chi connectivity index (χ0) is 18.4. The summed E-state index contributed by atoms with van der Waals surface area (Å²) in [6.45, 7) is 7.65. The van der Waals surface area contributed by atoms with E-state index in [-0.39, 0.29) is 12.5 Å². The molecule has 138 valence electrons. The van der Waals surface area contributed by atoms with Gasteiger partial charge in [-0.1, -0.05) is 37.3 Å². The number of nitrogens with one attached hydrogen (secondary N) is 1. The highest BCUT2D eigenvalue weighted by atomic mass is 16.5. The van der Waals surface area contributed by atoms with Gasteiger partial charge in [-0.2, -0.15) is 0 Å². The predicted octanol–water partition coefficient (Wildman–Crippen LogP) is 4.24. The highest BCUT2D eigenvalue weighted by Crippen LogP contribution is 2.19. The monoisotopic (exact) mass is 352 g/mol. The largest absolute Gasteiger partial charge is 0.483 e. The smallest absolute Gasteiger partial charge is 0.262 e. The van der Waals surface area contributed by atoms with Crippen molar-refractivity contribution < 1.29 is 9.53 Å². The molecule has 0 bridgehead atoms. The maximum atomic E-state index is 12.1. The van der Waals surface area contributed by atoms with E-state index in [4.69, 9.17) is 4.74 Å². The minimum atomic E-state index is -0.147. The number of hydrogen-bond donors (Lipinski definition) is 1. The summed E-state index contributed by atoms with van der Waals surface area (Å²) in [6, 6.07) is 15.8. The Hall–Kier alpha value is -2.33. The van der Waals surface area contributed by atoms with Crippen LogP contribution in [0.1, 0.15) is 30.9 Å². The molecular weight excluding hydrogens is 324 g/mol. The van der Waals surface area contributed by atoms with Crippen molar-refractivity contribution in [3.8, 4) is 5.75 Å². The molecule has 0 unspecified atom stereocenters. The van der Waals surface area contributed by atoms with Gasteiger partial charge in [0.15, 0.2) is 6.61 Å². The third kappa shape index (κ3) is 5.33. The van der Waals surface area contributed by atoms with Crippen LogP contribution in [0.2, 0.25) is 0 Å². The Morgan fingerprint density at radius 3 is 2.50 bits per heavy atom. The first-order valence-corrected chi connectivity index (χ1v) is 9.40. The number of amides is 1. The van der Waals surface area contributed by atoms with Crippen LogP contribution in [0.15, 0.2) is 48.5 Å². The first-order chi connectivity index (χ1) is 12.6. The molecule has 2 aromatic rings. The normalized spacial score (nSPS) is 15.6. The van der Waals surface area contributed by atoms with E-state index in [1.165, 1.54) is 31.5 Å². The van der Waals surface area contributed by atoms with E-state index in [1.807, 2.05) is 43.3 Å². The Kier molecular flexibility index (Phi) is 6.29. The Labute approximate surface area is 156 Å². The fourth-order valence-corrected chi connectivity index (χ4v) is 3.23. The van der Waals surface area contributed by atoms with Gasteiger partial charge >= 0.3 is 0 Å². The van der Waals surface area contributed by atoms with Crippen LogP contribution in [0.3, 0.4) is 0 Å². The van der Waals surface area contributed by atoms with Crippen LogP contribution in [-0.2, 0) is 11.3 Å². The number of para-hydroxylation sites is 1. The van der Waals surface area contributed by atoms with Gasteiger partial charge in [0.25, 0.3) is 5.91 Å². The first kappa shape index (κ1) is 18.5. The lowest BCUT2D eigenvalue weighted by molar-refractivity contribution is -0.118. The Bertz CT molecular complexity index is 719. The van der Waals surface area contributed by atoms with Gasteiger partial charge in [0.2, 0.25) is 0 Å². The molecule has 1 aliphatic rings. The second kappa shape index (κ2) is 8.86. The average Bonchev–Trinajstić information content (AvgIpc) is 2.64. The summed E-state index contributed by atoms with van der Waals surface area (Å²) < 4.78 is 5.58. The number of likely N-dealkylation sites (tertiary alicyclic amines) is 1. The third-order valence-electron chi connectivity index (χ3n) is 4.97. The molecule has 1 saturated heterocycles. The van der Waals surface area contributed by atoms with E-state index in [9.17, 15) is 4.79 Å². The number of piperidine rings is 1. The Morgan fingerprint density at radius 2 is 1.81 bits per heavy atom. The summed E-state index contributed by atoms with van der Waals surface area (Å²) in [5, 5.41) is 2.89. The summed E-state index contributed by atoms with van der Waals surface area (Å²) in [5.41, 5.74) is 3.12. The Morgan fingerprint density at radius 1 is 1.12 bits per heavy atom. The molecule has 1 aliphatic heterocycles. The molecule has 4 nitrogen and oxygen atoms in total. The van der Waals surface area contributed by atoms with E-state index in [1.54, 1.807) is 0 Å². The van der Waals surface area contributed by atoms with E-state index in [0.29, 0.717) is 0 Å². The molecule has 1 amide bonds. The molecule has 0 atom stereocenters. The van der Waals surface area contributed by atoms with Crippen LogP contribution in [0, 0.1) is 12.8 Å². The van der Waals surface area contributed by atoms with Crippen molar-refractivity contribution in [3.63, 3.8) is 0 Å². The van der Waals surface area contributed by atoms with Gasteiger partial charge in [0, 0.05) is 12.2 Å². The zero-order valence-corrected chi connectivity index (χ0v) is 15.7. The molecule has 3 rings (SSSR count). The summed E-state index contributed by atoms with van der Waals surface area (Å²) in [6.07, 6.45) is 2.57. The minimum Gasteiger partial charge on any atom is -0.483 e. The number of aryl methyl sites for hydroxylation is 1. The number of anilines is 1. The number of carbonyl (C=O) groups is 1. The molecule has 4 heteroatoms. The van der Waals surface area contributed by atoms with Crippen molar-refractivity contribution in [2.45, 2.75) is 33.2 Å². The van der Waals surface area contributed by atoms with E-state index in [0.717, 1.165) is 29.5 Å². The van der Waals surface area contributed by atoms with Crippen molar-refractivity contribution in [1.29, 1.82) is 0 Å². The van der Waals surface area contributed by atoms with Gasteiger partial charge in [0.05, 0.1) is 0 Å². The van der Waals surface area contributed by atoms with Crippen LogP contribution in [0.25, 0.3) is 0 Å². The second-order valence-electron chi connectivity index (χ2n) is 7.26. The molecule has 26 heavy (non-hydrogen) atoms. The molecular formula is C22H28N2O2. The Balaban J connectivity index is 1.46. The van der Waals surface area contributed by atoms with Gasteiger partial charge in [-0.05, 0) is 68.1 Å². The lowest BCUT2D eigenvalue weighted by Crippen LogP contribution is -2.32. The van der Waals surface area contributed by atoms with Crippen molar-refractivity contribution >= 4 is 11.6 Å². The molecule has 0 aliphatic carbocycles. The topological polar surface area (TPSA) is 41.6 Å². The zero-order valence-electron chi connectivity index (χ0n) is 15.7. The fraction of sp³-hybridized carbons (Fsp3) is 0.409. The van der Waals surface area contributed by atoms with Crippen LogP contribution in [-0.4, -0.2) is 30.5 Å². The fourth-order valence-electron chi connectivity index (χ4n) is 3.23. The standard InChI is InChI=1S/C22H28N2O2/c1-17-11-13-24(14-12-17)15-19-7-9-20(10-8-19)23-22(25)16-26-21-6-4-3-5-18(21)2/h3-10,17H,11-16H2,1-2H3,(H,23,25). The molecule has 0 saturated carbocycles. The predicted molar refractivity (Wildman–Crippen MR) is 105 cm³/mol. The van der Waals surface area contributed by atoms with Crippen LogP contribution in [0.5, 0.6) is 5.75 Å². The molecule has 1 heterocycles. The number of carbonyl (C=O) groups excluding carboxylic acids is 1. The van der Waals surface area contributed by atoms with Crippen LogP contribution < -0.4 is 10.1 Å². The van der Waals surface area contributed by atoms with Crippen molar-refractivity contribution in [2.24, 2.45) is 5.92 Å². The summed E-state index contributed by atoms with van der Waals surface area (Å²) in [7, 11) is 0. The summed E-state index contributed by atoms with van der Waals surface area (Å²) in [4.78, 5) is 14.6. The third-order valence-corrected chi connectivity index (χ3v) is 4.97. The van der Waals surface area contributed by atoms with E-state index >= 15 is 0 Å². The van der Waals surface area contributed by atoms with Crippen molar-refractivity contribution in [2.75, 3.05) is 25.0 Å². The SMILES string of the molecule is Cc1ccccc1OCC(=O)Nc1ccc(CN2CCC(C)CC2)cc1. The van der Waals surface area contributed by atoms with E-state index < -0.39 is 0 Å². The average molecular weight is 352 g/mol. The highest BCUT2D eigenvalue weighted by molar-refractivity contribution is 5.91. The van der Waals surface area contributed by atoms with Crippen molar-refractivity contribution in [1.82, 2.24) is 4.90 Å². The van der Waals surface area contributed by atoms with Gasteiger partial charge in [0.1, 0.15) is 5.75 Å². The van der Waals surface area contributed by atoms with Gasteiger partial charge < -0.3 is 10.1 Å². The van der Waals surface area contributed by atoms with Crippen LogP contribution in [0.4, 0.5) is 5.69 Å².